The van der Waals surface area contributed by atoms with Crippen molar-refractivity contribution in [3.8, 4) is 0 Å². The lowest BCUT2D eigenvalue weighted by Crippen LogP contribution is -2.25. The molecule has 17 heavy (non-hydrogen) atoms. The molecule has 1 unspecified atom stereocenters. The average Bonchev–Trinajstić information content (AvgIpc) is 2.72. The Hall–Kier alpha value is -1.13. The van der Waals surface area contributed by atoms with Gasteiger partial charge in [-0.05, 0) is 42.9 Å². The van der Waals surface area contributed by atoms with Crippen LogP contribution in [-0.4, -0.2) is 23.7 Å². The number of hydrogen-bond acceptors (Lipinski definition) is 3. The summed E-state index contributed by atoms with van der Waals surface area (Å²) in [6.45, 7) is 4.46. The van der Waals surface area contributed by atoms with E-state index in [-0.39, 0.29) is 12.0 Å². The Morgan fingerprint density at radius 3 is 3.00 bits per heavy atom. The van der Waals surface area contributed by atoms with Crippen molar-refractivity contribution in [2.24, 2.45) is 0 Å². The minimum Gasteiger partial charge on any atom is -0.393 e. The maximum Gasteiger partial charge on any atom is 0.244 e. The largest absolute Gasteiger partial charge is 0.393 e. The van der Waals surface area contributed by atoms with Gasteiger partial charge in [0.05, 0.1) is 6.10 Å². The Balaban J connectivity index is 2.30. The van der Waals surface area contributed by atoms with Crippen molar-refractivity contribution < 1.29 is 9.90 Å². The molecule has 94 valence electrons. The minimum absolute atomic E-state index is 0.110. The summed E-state index contributed by atoms with van der Waals surface area (Å²) < 4.78 is 0. The van der Waals surface area contributed by atoms with Crippen LogP contribution in [0.25, 0.3) is 6.08 Å². The van der Waals surface area contributed by atoms with E-state index in [0.717, 1.165) is 11.3 Å². The number of amides is 1. The smallest absolute Gasteiger partial charge is 0.244 e. The molecule has 0 radical (unpaired) electrons. The van der Waals surface area contributed by atoms with E-state index in [1.165, 1.54) is 11.6 Å². The Kier molecular flexibility index (Phi) is 5.94. The highest BCUT2D eigenvalue weighted by atomic mass is 32.1. The predicted molar refractivity (Wildman–Crippen MR) is 72.0 cm³/mol. The lowest BCUT2D eigenvalue weighted by atomic mass is 10.2. The third kappa shape index (κ3) is 5.15. The van der Waals surface area contributed by atoms with Gasteiger partial charge in [-0.15, -0.1) is 11.3 Å². The van der Waals surface area contributed by atoms with Crippen LogP contribution in [0.4, 0.5) is 0 Å². The molecule has 0 fully saturated rings. The normalized spacial score (nSPS) is 12.9. The molecule has 0 bridgehead atoms. The fourth-order valence-electron chi connectivity index (χ4n) is 1.33. The van der Waals surface area contributed by atoms with E-state index in [9.17, 15) is 9.90 Å². The number of rotatable bonds is 6. The van der Waals surface area contributed by atoms with Crippen molar-refractivity contribution in [1.82, 2.24) is 5.32 Å². The zero-order valence-electron chi connectivity index (χ0n) is 10.3. The van der Waals surface area contributed by atoms with Crippen LogP contribution < -0.4 is 5.32 Å². The van der Waals surface area contributed by atoms with Gasteiger partial charge in [0.15, 0.2) is 0 Å². The van der Waals surface area contributed by atoms with Gasteiger partial charge in [-0.3, -0.25) is 4.79 Å². The van der Waals surface area contributed by atoms with E-state index in [4.69, 9.17) is 0 Å². The number of nitrogens with one attached hydrogen (secondary N) is 1. The molecule has 0 aliphatic carbocycles. The fraction of sp³-hybridized carbons (Fsp3) is 0.462. The van der Waals surface area contributed by atoms with E-state index in [0.29, 0.717) is 13.0 Å². The van der Waals surface area contributed by atoms with Crippen LogP contribution in [0.2, 0.25) is 0 Å². The SMILES string of the molecule is CCC(O)CCNC(=O)/C=C/c1sccc1C. The van der Waals surface area contributed by atoms with Crippen molar-refractivity contribution in [3.05, 3.63) is 28.0 Å². The summed E-state index contributed by atoms with van der Waals surface area (Å²) in [5.41, 5.74) is 1.18. The molecule has 1 aromatic heterocycles. The monoisotopic (exact) mass is 253 g/mol. The standard InChI is InChI=1S/C13H19NO2S/c1-3-11(15)6-8-14-13(16)5-4-12-10(2)7-9-17-12/h4-5,7,9,11,15H,3,6,8H2,1-2H3,(H,14,16)/b5-4+. The van der Waals surface area contributed by atoms with Crippen LogP contribution in [0.3, 0.4) is 0 Å². The van der Waals surface area contributed by atoms with Gasteiger partial charge in [0.2, 0.25) is 5.91 Å². The van der Waals surface area contributed by atoms with Crippen molar-refractivity contribution in [3.63, 3.8) is 0 Å². The Labute approximate surface area is 106 Å². The molecular formula is C13H19NO2S. The summed E-state index contributed by atoms with van der Waals surface area (Å²) in [5, 5.41) is 14.1. The summed E-state index contributed by atoms with van der Waals surface area (Å²) in [4.78, 5) is 12.5. The van der Waals surface area contributed by atoms with Gasteiger partial charge >= 0.3 is 0 Å². The molecule has 1 heterocycles. The molecule has 1 atom stereocenters. The molecule has 0 spiro atoms. The quantitative estimate of drug-likeness (QED) is 0.765. The first-order valence-corrected chi connectivity index (χ1v) is 6.69. The van der Waals surface area contributed by atoms with Gasteiger partial charge in [0, 0.05) is 17.5 Å². The molecule has 0 aliphatic rings. The molecule has 2 N–H and O–H groups in total. The lowest BCUT2D eigenvalue weighted by molar-refractivity contribution is -0.116. The molecule has 0 saturated carbocycles. The fourth-order valence-corrected chi connectivity index (χ4v) is 2.15. The number of thiophene rings is 1. The second-order valence-electron chi connectivity index (χ2n) is 3.94. The molecule has 4 heteroatoms. The number of aryl methyl sites for hydroxylation is 1. The lowest BCUT2D eigenvalue weighted by Gasteiger charge is -2.06. The van der Waals surface area contributed by atoms with Crippen molar-refractivity contribution in [1.29, 1.82) is 0 Å². The third-order valence-corrected chi connectivity index (χ3v) is 3.52. The van der Waals surface area contributed by atoms with E-state index in [2.05, 4.69) is 5.32 Å². The summed E-state index contributed by atoms with van der Waals surface area (Å²) in [5.74, 6) is -0.110. The molecule has 0 aliphatic heterocycles. The van der Waals surface area contributed by atoms with Gasteiger partial charge in [0.1, 0.15) is 0 Å². The average molecular weight is 253 g/mol. The zero-order chi connectivity index (χ0) is 12.7. The van der Waals surface area contributed by atoms with Gasteiger partial charge in [-0.1, -0.05) is 6.92 Å². The number of aliphatic hydroxyl groups excluding tert-OH is 1. The third-order valence-electron chi connectivity index (χ3n) is 2.54. The van der Waals surface area contributed by atoms with Gasteiger partial charge < -0.3 is 10.4 Å². The van der Waals surface area contributed by atoms with Crippen molar-refractivity contribution in [2.45, 2.75) is 32.8 Å². The first kappa shape index (κ1) is 13.9. The second-order valence-corrected chi connectivity index (χ2v) is 4.89. The summed E-state index contributed by atoms with van der Waals surface area (Å²) in [6.07, 6.45) is 4.37. The van der Waals surface area contributed by atoms with Crippen LogP contribution in [-0.2, 0) is 4.79 Å². The first-order chi connectivity index (χ1) is 8.13. The van der Waals surface area contributed by atoms with Crippen LogP contribution in [0.1, 0.15) is 30.2 Å². The van der Waals surface area contributed by atoms with E-state index in [1.807, 2.05) is 31.4 Å². The first-order valence-electron chi connectivity index (χ1n) is 5.81. The van der Waals surface area contributed by atoms with Crippen LogP contribution >= 0.6 is 11.3 Å². The molecule has 1 amide bonds. The van der Waals surface area contributed by atoms with E-state index >= 15 is 0 Å². The Morgan fingerprint density at radius 1 is 1.65 bits per heavy atom. The van der Waals surface area contributed by atoms with E-state index in [1.54, 1.807) is 11.3 Å². The van der Waals surface area contributed by atoms with E-state index < -0.39 is 0 Å². The van der Waals surface area contributed by atoms with Crippen LogP contribution in [0.5, 0.6) is 0 Å². The van der Waals surface area contributed by atoms with Crippen molar-refractivity contribution in [2.75, 3.05) is 6.54 Å². The number of carbonyl (C=O) groups excluding carboxylic acids is 1. The Morgan fingerprint density at radius 2 is 2.41 bits per heavy atom. The highest BCUT2D eigenvalue weighted by Crippen LogP contribution is 2.16. The summed E-state index contributed by atoms with van der Waals surface area (Å²) in [7, 11) is 0. The van der Waals surface area contributed by atoms with Gasteiger partial charge in [0.25, 0.3) is 0 Å². The Bertz CT molecular complexity index is 385. The molecular weight excluding hydrogens is 234 g/mol. The molecule has 0 saturated heterocycles. The maximum atomic E-state index is 11.4. The number of carbonyl (C=O) groups is 1. The molecule has 1 rings (SSSR count). The topological polar surface area (TPSA) is 49.3 Å². The van der Waals surface area contributed by atoms with Crippen LogP contribution in [0, 0.1) is 6.92 Å². The number of aliphatic hydroxyl groups is 1. The highest BCUT2D eigenvalue weighted by Gasteiger charge is 2.01. The second kappa shape index (κ2) is 7.25. The highest BCUT2D eigenvalue weighted by molar-refractivity contribution is 7.11. The van der Waals surface area contributed by atoms with Crippen molar-refractivity contribution >= 4 is 23.3 Å². The number of hydrogen-bond donors (Lipinski definition) is 2. The van der Waals surface area contributed by atoms with Gasteiger partial charge in [-0.2, -0.15) is 0 Å². The molecule has 0 aromatic carbocycles. The summed E-state index contributed by atoms with van der Waals surface area (Å²) in [6, 6.07) is 2.03. The van der Waals surface area contributed by atoms with Crippen LogP contribution in [0.15, 0.2) is 17.5 Å². The minimum atomic E-state index is -0.321. The predicted octanol–water partition coefficient (Wildman–Crippen LogP) is 2.35. The molecule has 3 nitrogen and oxygen atoms in total. The maximum absolute atomic E-state index is 11.4. The molecule has 1 aromatic rings. The summed E-state index contributed by atoms with van der Waals surface area (Å²) >= 11 is 1.62. The zero-order valence-corrected chi connectivity index (χ0v) is 11.1. The van der Waals surface area contributed by atoms with Gasteiger partial charge in [-0.25, -0.2) is 0 Å².